The smallest absolute Gasteiger partial charge is 0.0320 e. The molecule has 1 heterocycles. The van der Waals surface area contributed by atoms with Crippen LogP contribution in [0.15, 0.2) is 24.3 Å². The molecule has 0 amide bonds. The third-order valence-corrected chi connectivity index (χ3v) is 3.98. The van der Waals surface area contributed by atoms with Crippen molar-refractivity contribution in [2.45, 2.75) is 26.8 Å². The molecule has 0 spiro atoms. The highest BCUT2D eigenvalue weighted by molar-refractivity contribution is 5.40. The lowest BCUT2D eigenvalue weighted by Gasteiger charge is -2.24. The highest BCUT2D eigenvalue weighted by Crippen LogP contribution is 2.30. The Labute approximate surface area is 98.4 Å². The van der Waals surface area contributed by atoms with Gasteiger partial charge in [0.15, 0.2) is 0 Å². The topological polar surface area (TPSA) is 29.3 Å². The van der Waals surface area contributed by atoms with E-state index in [1.54, 1.807) is 0 Å². The second-order valence-electron chi connectivity index (χ2n) is 5.25. The number of rotatable bonds is 2. The van der Waals surface area contributed by atoms with Crippen molar-refractivity contribution >= 4 is 5.69 Å². The maximum Gasteiger partial charge on any atom is 0.0320 e. The molecule has 0 aromatic heterocycles. The molecule has 0 radical (unpaired) electrons. The largest absolute Gasteiger partial charge is 0.399 e. The second kappa shape index (κ2) is 4.46. The average Bonchev–Trinajstić information content (AvgIpc) is 2.59. The van der Waals surface area contributed by atoms with Crippen LogP contribution in [-0.2, 0) is 0 Å². The van der Waals surface area contributed by atoms with Crippen LogP contribution < -0.4 is 5.73 Å². The third-order valence-electron chi connectivity index (χ3n) is 3.98. The zero-order valence-corrected chi connectivity index (χ0v) is 10.5. The molecule has 2 nitrogen and oxygen atoms in total. The maximum atomic E-state index is 5.71. The van der Waals surface area contributed by atoms with Crippen LogP contribution in [0.1, 0.15) is 32.4 Å². The van der Waals surface area contributed by atoms with Gasteiger partial charge in [-0.1, -0.05) is 26.0 Å². The van der Waals surface area contributed by atoms with Gasteiger partial charge in [-0.05, 0) is 36.5 Å². The van der Waals surface area contributed by atoms with E-state index in [1.165, 1.54) is 18.7 Å². The normalized spacial score (nSPS) is 28.2. The molecular formula is C14H22N2. The molecular weight excluding hydrogens is 196 g/mol. The predicted molar refractivity (Wildman–Crippen MR) is 69.2 cm³/mol. The first-order chi connectivity index (χ1) is 7.58. The molecule has 1 aliphatic heterocycles. The Bertz CT molecular complexity index is 334. The Balaban J connectivity index is 2.08. The van der Waals surface area contributed by atoms with Crippen LogP contribution in [0.4, 0.5) is 5.69 Å². The van der Waals surface area contributed by atoms with E-state index in [0.717, 1.165) is 17.5 Å². The van der Waals surface area contributed by atoms with E-state index >= 15 is 0 Å². The van der Waals surface area contributed by atoms with Crippen molar-refractivity contribution in [1.82, 2.24) is 4.90 Å². The predicted octanol–water partition coefficient (Wildman–Crippen LogP) is 2.92. The Hall–Kier alpha value is -1.02. The molecule has 0 bridgehead atoms. The van der Waals surface area contributed by atoms with Crippen LogP contribution in [0.5, 0.6) is 0 Å². The molecule has 0 aliphatic carbocycles. The van der Waals surface area contributed by atoms with E-state index in [2.05, 4.69) is 37.8 Å². The first-order valence-electron chi connectivity index (χ1n) is 6.17. The van der Waals surface area contributed by atoms with Gasteiger partial charge >= 0.3 is 0 Å². The third kappa shape index (κ3) is 2.22. The summed E-state index contributed by atoms with van der Waals surface area (Å²) in [6.07, 6.45) is 0. The van der Waals surface area contributed by atoms with E-state index < -0.39 is 0 Å². The fourth-order valence-electron chi connectivity index (χ4n) is 2.48. The number of hydrogen-bond donors (Lipinski definition) is 1. The number of hydrogen-bond acceptors (Lipinski definition) is 2. The summed E-state index contributed by atoms with van der Waals surface area (Å²) >= 11 is 0. The van der Waals surface area contributed by atoms with Crippen LogP contribution in [0.2, 0.25) is 0 Å². The summed E-state index contributed by atoms with van der Waals surface area (Å²) in [6.45, 7) is 9.41. The van der Waals surface area contributed by atoms with Gasteiger partial charge in [0.2, 0.25) is 0 Å². The first-order valence-corrected chi connectivity index (χ1v) is 6.17. The summed E-state index contributed by atoms with van der Waals surface area (Å²) in [4.78, 5) is 2.57. The molecule has 2 N–H and O–H groups in total. The van der Waals surface area contributed by atoms with Gasteiger partial charge in [0.25, 0.3) is 0 Å². The van der Waals surface area contributed by atoms with Gasteiger partial charge in [-0.3, -0.25) is 4.90 Å². The number of nitrogens with zero attached hydrogens (tertiary/aromatic N) is 1. The SMILES string of the molecule is CC1CN(C(C)c2ccc(N)cc2)CC1C. The van der Waals surface area contributed by atoms with Gasteiger partial charge < -0.3 is 5.73 Å². The van der Waals surface area contributed by atoms with Crippen molar-refractivity contribution in [2.24, 2.45) is 11.8 Å². The van der Waals surface area contributed by atoms with Crippen molar-refractivity contribution in [3.8, 4) is 0 Å². The summed E-state index contributed by atoms with van der Waals surface area (Å²) in [5.74, 6) is 1.63. The Morgan fingerprint density at radius 3 is 2.12 bits per heavy atom. The molecule has 1 aromatic rings. The summed E-state index contributed by atoms with van der Waals surface area (Å²) in [7, 11) is 0. The minimum atomic E-state index is 0.507. The van der Waals surface area contributed by atoms with E-state index in [9.17, 15) is 0 Å². The van der Waals surface area contributed by atoms with Gasteiger partial charge in [0.1, 0.15) is 0 Å². The number of anilines is 1. The molecule has 16 heavy (non-hydrogen) atoms. The minimum absolute atomic E-state index is 0.507. The van der Waals surface area contributed by atoms with Crippen LogP contribution in [0, 0.1) is 11.8 Å². The molecule has 0 saturated carbocycles. The minimum Gasteiger partial charge on any atom is -0.399 e. The van der Waals surface area contributed by atoms with Gasteiger partial charge in [-0.15, -0.1) is 0 Å². The van der Waals surface area contributed by atoms with E-state index in [0.29, 0.717) is 6.04 Å². The Morgan fingerprint density at radius 1 is 1.12 bits per heavy atom. The molecule has 2 rings (SSSR count). The van der Waals surface area contributed by atoms with E-state index in [1.807, 2.05) is 12.1 Å². The highest BCUT2D eigenvalue weighted by atomic mass is 15.2. The molecule has 1 saturated heterocycles. The van der Waals surface area contributed by atoms with Crippen LogP contribution in [-0.4, -0.2) is 18.0 Å². The standard InChI is InChI=1S/C14H22N2/c1-10-8-16(9-11(10)2)12(3)13-4-6-14(15)7-5-13/h4-7,10-12H,8-9,15H2,1-3H3. The molecule has 3 unspecified atom stereocenters. The summed E-state index contributed by atoms with van der Waals surface area (Å²) < 4.78 is 0. The second-order valence-corrected chi connectivity index (χ2v) is 5.25. The van der Waals surface area contributed by atoms with Crippen molar-refractivity contribution in [1.29, 1.82) is 0 Å². The molecule has 3 atom stereocenters. The Morgan fingerprint density at radius 2 is 1.62 bits per heavy atom. The Kier molecular flexibility index (Phi) is 3.20. The zero-order valence-electron chi connectivity index (χ0n) is 10.5. The molecule has 1 aliphatic rings. The van der Waals surface area contributed by atoms with Crippen molar-refractivity contribution in [3.63, 3.8) is 0 Å². The number of likely N-dealkylation sites (tertiary alicyclic amines) is 1. The van der Waals surface area contributed by atoms with Crippen molar-refractivity contribution in [3.05, 3.63) is 29.8 Å². The fraction of sp³-hybridized carbons (Fsp3) is 0.571. The fourth-order valence-corrected chi connectivity index (χ4v) is 2.48. The lowest BCUT2D eigenvalue weighted by molar-refractivity contribution is 0.251. The summed E-state index contributed by atoms with van der Waals surface area (Å²) in [5.41, 5.74) is 7.93. The highest BCUT2D eigenvalue weighted by Gasteiger charge is 2.29. The lowest BCUT2D eigenvalue weighted by atomic mass is 10.0. The average molecular weight is 218 g/mol. The van der Waals surface area contributed by atoms with Gasteiger partial charge in [-0.2, -0.15) is 0 Å². The molecule has 1 fully saturated rings. The summed E-state index contributed by atoms with van der Waals surface area (Å²) in [6, 6.07) is 8.79. The number of nitrogens with two attached hydrogens (primary N) is 1. The lowest BCUT2D eigenvalue weighted by Crippen LogP contribution is -2.24. The number of nitrogen functional groups attached to an aromatic ring is 1. The van der Waals surface area contributed by atoms with Crippen LogP contribution >= 0.6 is 0 Å². The van der Waals surface area contributed by atoms with Gasteiger partial charge in [0, 0.05) is 24.8 Å². The molecule has 2 heteroatoms. The monoisotopic (exact) mass is 218 g/mol. The molecule has 88 valence electrons. The van der Waals surface area contributed by atoms with Crippen molar-refractivity contribution in [2.75, 3.05) is 18.8 Å². The van der Waals surface area contributed by atoms with E-state index in [4.69, 9.17) is 5.73 Å². The van der Waals surface area contributed by atoms with E-state index in [-0.39, 0.29) is 0 Å². The van der Waals surface area contributed by atoms with Crippen molar-refractivity contribution < 1.29 is 0 Å². The van der Waals surface area contributed by atoms with Gasteiger partial charge in [0.05, 0.1) is 0 Å². The van der Waals surface area contributed by atoms with Crippen LogP contribution in [0.3, 0.4) is 0 Å². The number of benzene rings is 1. The quantitative estimate of drug-likeness (QED) is 0.773. The molecule has 1 aromatic carbocycles. The van der Waals surface area contributed by atoms with Crippen LogP contribution in [0.25, 0.3) is 0 Å². The van der Waals surface area contributed by atoms with Gasteiger partial charge in [-0.25, -0.2) is 0 Å². The summed E-state index contributed by atoms with van der Waals surface area (Å²) in [5, 5.41) is 0. The maximum absolute atomic E-state index is 5.71. The zero-order chi connectivity index (χ0) is 11.7. The first kappa shape index (κ1) is 11.5.